The van der Waals surface area contributed by atoms with E-state index in [-0.39, 0.29) is 5.41 Å². The maximum Gasteiger partial charge on any atom is 0.136 e. The van der Waals surface area contributed by atoms with Crippen LogP contribution in [0.15, 0.2) is 144 Å². The van der Waals surface area contributed by atoms with Crippen molar-refractivity contribution in [2.45, 2.75) is 19.3 Å². The Morgan fingerprint density at radius 2 is 1.20 bits per heavy atom. The van der Waals surface area contributed by atoms with E-state index in [1.54, 1.807) is 0 Å². The molecule has 3 heteroatoms. The summed E-state index contributed by atoms with van der Waals surface area (Å²) in [5.74, 6) is 0. The summed E-state index contributed by atoms with van der Waals surface area (Å²) >= 11 is 1.88. The van der Waals surface area contributed by atoms with Crippen LogP contribution in [0.3, 0.4) is 0 Å². The van der Waals surface area contributed by atoms with Crippen LogP contribution >= 0.6 is 11.3 Å². The van der Waals surface area contributed by atoms with Gasteiger partial charge in [-0.2, -0.15) is 0 Å². The van der Waals surface area contributed by atoms with E-state index >= 15 is 0 Å². The lowest BCUT2D eigenvalue weighted by molar-refractivity contribution is 0.660. The minimum atomic E-state index is -0.0302. The van der Waals surface area contributed by atoms with Gasteiger partial charge in [0.05, 0.1) is 0 Å². The second-order valence-corrected chi connectivity index (χ2v) is 14.0. The zero-order chi connectivity index (χ0) is 30.6. The molecule has 0 aliphatic heterocycles. The second-order valence-electron chi connectivity index (χ2n) is 12.9. The van der Waals surface area contributed by atoms with Gasteiger partial charge in [-0.3, -0.25) is 0 Å². The van der Waals surface area contributed by atoms with Gasteiger partial charge in [-0.25, -0.2) is 0 Å². The molecule has 0 unspecified atom stereocenters. The van der Waals surface area contributed by atoms with Crippen molar-refractivity contribution in [3.63, 3.8) is 0 Å². The average Bonchev–Trinajstić information content (AvgIpc) is 3.73. The fourth-order valence-electron chi connectivity index (χ4n) is 7.82. The first kappa shape index (κ1) is 25.9. The molecular formula is C43H29NOS. The van der Waals surface area contributed by atoms with Crippen molar-refractivity contribution in [1.29, 1.82) is 0 Å². The van der Waals surface area contributed by atoms with E-state index in [0.717, 1.165) is 33.6 Å². The van der Waals surface area contributed by atoms with Gasteiger partial charge in [0.25, 0.3) is 0 Å². The summed E-state index contributed by atoms with van der Waals surface area (Å²) in [6, 6.07) is 50.8. The summed E-state index contributed by atoms with van der Waals surface area (Å²) in [5, 5.41) is 7.50. The van der Waals surface area contributed by atoms with Crippen LogP contribution in [-0.2, 0) is 5.41 Å². The molecule has 0 spiro atoms. The van der Waals surface area contributed by atoms with Crippen molar-refractivity contribution < 1.29 is 4.42 Å². The summed E-state index contributed by atoms with van der Waals surface area (Å²) in [7, 11) is 0. The molecule has 1 aliphatic rings. The molecule has 2 aromatic heterocycles. The third-order valence-corrected chi connectivity index (χ3v) is 11.3. The number of nitrogens with zero attached hydrogens (tertiary/aromatic N) is 1. The van der Waals surface area contributed by atoms with Gasteiger partial charge >= 0.3 is 0 Å². The van der Waals surface area contributed by atoms with E-state index in [1.165, 1.54) is 58.6 Å². The molecule has 0 radical (unpaired) electrons. The summed E-state index contributed by atoms with van der Waals surface area (Å²) in [4.78, 5) is 2.38. The van der Waals surface area contributed by atoms with Crippen molar-refractivity contribution in [3.05, 3.63) is 151 Å². The monoisotopic (exact) mass is 607 g/mol. The van der Waals surface area contributed by atoms with Crippen LogP contribution in [0.1, 0.15) is 25.0 Å². The minimum absolute atomic E-state index is 0.0302. The van der Waals surface area contributed by atoms with Crippen molar-refractivity contribution in [1.82, 2.24) is 0 Å². The SMILES string of the molecule is CC1(C)c2ccccc2-c2cc(N(c3ccccc3)c3ccc4oc5ccc6c7ccc8ccccc8c7sc6c5c4c3)ccc21. The number of furan rings is 1. The molecule has 1 aliphatic carbocycles. The minimum Gasteiger partial charge on any atom is -0.456 e. The Labute approximate surface area is 270 Å². The van der Waals surface area contributed by atoms with Crippen LogP contribution in [0.4, 0.5) is 17.1 Å². The molecular weight excluding hydrogens is 579 g/mol. The van der Waals surface area contributed by atoms with E-state index < -0.39 is 0 Å². The highest BCUT2D eigenvalue weighted by molar-refractivity contribution is 7.27. The lowest BCUT2D eigenvalue weighted by atomic mass is 9.82. The molecule has 9 aromatic rings. The van der Waals surface area contributed by atoms with E-state index in [0.29, 0.717) is 0 Å². The highest BCUT2D eigenvalue weighted by Gasteiger charge is 2.35. The Morgan fingerprint density at radius 1 is 0.500 bits per heavy atom. The van der Waals surface area contributed by atoms with Gasteiger partial charge in [0.15, 0.2) is 0 Å². The first-order valence-corrected chi connectivity index (χ1v) is 16.7. The smallest absolute Gasteiger partial charge is 0.136 e. The van der Waals surface area contributed by atoms with Gasteiger partial charge in [0.1, 0.15) is 11.2 Å². The number of thiophene rings is 1. The predicted octanol–water partition coefficient (Wildman–Crippen LogP) is 12.9. The number of rotatable bonds is 3. The third kappa shape index (κ3) is 3.52. The molecule has 0 bridgehead atoms. The molecule has 2 nitrogen and oxygen atoms in total. The Hall–Kier alpha value is -5.38. The first-order chi connectivity index (χ1) is 22.6. The fourth-order valence-corrected chi connectivity index (χ4v) is 9.21. The van der Waals surface area contributed by atoms with Gasteiger partial charge < -0.3 is 9.32 Å². The topological polar surface area (TPSA) is 16.4 Å². The molecule has 0 fully saturated rings. The number of benzene rings is 7. The first-order valence-electron chi connectivity index (χ1n) is 15.9. The summed E-state index contributed by atoms with van der Waals surface area (Å²) in [6.07, 6.45) is 0. The second kappa shape index (κ2) is 9.32. The van der Waals surface area contributed by atoms with Crippen molar-refractivity contribution in [2.75, 3.05) is 4.90 Å². The zero-order valence-electron chi connectivity index (χ0n) is 25.5. The summed E-state index contributed by atoms with van der Waals surface area (Å²) < 4.78 is 9.11. The lowest BCUT2D eigenvalue weighted by Crippen LogP contribution is -2.15. The molecule has 0 amide bonds. The molecule has 46 heavy (non-hydrogen) atoms. The van der Waals surface area contributed by atoms with Crippen LogP contribution < -0.4 is 4.90 Å². The maximum absolute atomic E-state index is 6.50. The van der Waals surface area contributed by atoms with Crippen molar-refractivity contribution in [2.24, 2.45) is 0 Å². The van der Waals surface area contributed by atoms with Gasteiger partial charge in [-0.05, 0) is 87.6 Å². The molecule has 7 aromatic carbocycles. The van der Waals surface area contributed by atoms with Crippen LogP contribution in [0.2, 0.25) is 0 Å². The van der Waals surface area contributed by atoms with Crippen LogP contribution in [0.25, 0.3) is 64.0 Å². The Kier molecular flexibility index (Phi) is 5.25. The number of anilines is 3. The zero-order valence-corrected chi connectivity index (χ0v) is 26.4. The van der Waals surface area contributed by atoms with E-state index in [1.807, 2.05) is 11.3 Å². The molecule has 10 rings (SSSR count). The normalized spacial score (nSPS) is 13.6. The predicted molar refractivity (Wildman–Crippen MR) is 196 cm³/mol. The highest BCUT2D eigenvalue weighted by atomic mass is 32.1. The number of fused-ring (bicyclic) bond motifs is 12. The quantitative estimate of drug-likeness (QED) is 0.199. The van der Waals surface area contributed by atoms with E-state index in [4.69, 9.17) is 4.42 Å². The summed E-state index contributed by atoms with van der Waals surface area (Å²) in [6.45, 7) is 4.67. The van der Waals surface area contributed by atoms with Gasteiger partial charge in [-0.15, -0.1) is 11.3 Å². The molecule has 0 atom stereocenters. The number of hydrogen-bond donors (Lipinski definition) is 0. The van der Waals surface area contributed by atoms with Gasteiger partial charge in [0.2, 0.25) is 0 Å². The maximum atomic E-state index is 6.50. The Balaban J connectivity index is 1.22. The summed E-state index contributed by atoms with van der Waals surface area (Å²) in [5.41, 5.74) is 10.6. The van der Waals surface area contributed by atoms with Crippen LogP contribution in [0.5, 0.6) is 0 Å². The molecule has 0 saturated heterocycles. The Bertz CT molecular complexity index is 2680. The largest absolute Gasteiger partial charge is 0.456 e. The van der Waals surface area contributed by atoms with E-state index in [2.05, 4.69) is 158 Å². The lowest BCUT2D eigenvalue weighted by Gasteiger charge is -2.27. The van der Waals surface area contributed by atoms with Crippen LogP contribution in [-0.4, -0.2) is 0 Å². The fraction of sp³-hybridized carbons (Fsp3) is 0.0698. The van der Waals surface area contributed by atoms with Gasteiger partial charge in [-0.1, -0.05) is 98.8 Å². The average molecular weight is 608 g/mol. The standard InChI is InChI=1S/C43H29NOS/c1-43(2)36-15-9-8-14-31(36)34-24-28(17-21-37(34)43)44(27-11-4-3-5-12-27)29-18-22-38-35(25-29)40-39(45-38)23-20-33-32-19-16-26-10-6-7-13-30(26)41(32)46-42(33)40/h3-25H,1-2H3. The van der Waals surface area contributed by atoms with E-state index in [9.17, 15) is 0 Å². The molecule has 0 N–H and O–H groups in total. The van der Waals surface area contributed by atoms with Crippen molar-refractivity contribution in [3.8, 4) is 11.1 Å². The van der Waals surface area contributed by atoms with Crippen LogP contribution in [0, 0.1) is 0 Å². The highest BCUT2D eigenvalue weighted by Crippen LogP contribution is 2.51. The molecule has 0 saturated carbocycles. The van der Waals surface area contributed by atoms with Gasteiger partial charge in [0, 0.05) is 53.4 Å². The molecule has 218 valence electrons. The number of para-hydroxylation sites is 1. The molecule has 2 heterocycles. The Morgan fingerprint density at radius 3 is 2.11 bits per heavy atom. The third-order valence-electron chi connectivity index (χ3n) is 10.0. The number of hydrogen-bond acceptors (Lipinski definition) is 3. The van der Waals surface area contributed by atoms with Crippen molar-refractivity contribution >= 4 is 81.3 Å².